The van der Waals surface area contributed by atoms with E-state index in [9.17, 15) is 14.4 Å². The number of thiophene rings is 1. The number of fused-ring (bicyclic) bond motifs is 4. The molecule has 0 bridgehead atoms. The summed E-state index contributed by atoms with van der Waals surface area (Å²) in [5.41, 5.74) is 2.71. The molecule has 2 aromatic heterocycles. The smallest absolute Gasteiger partial charge is 0.262 e. The minimum Gasteiger partial charge on any atom is -0.290 e. The van der Waals surface area contributed by atoms with Crippen molar-refractivity contribution in [3.8, 4) is 11.4 Å². The Kier molecular flexibility index (Phi) is 4.73. The van der Waals surface area contributed by atoms with Crippen LogP contribution in [-0.2, 0) is 19.4 Å². The summed E-state index contributed by atoms with van der Waals surface area (Å²) in [7, 11) is 0. The molecule has 4 aromatic rings. The highest BCUT2D eigenvalue weighted by atomic mass is 32.1. The number of benzene rings is 2. The van der Waals surface area contributed by atoms with Gasteiger partial charge in [-0.25, -0.2) is 4.98 Å². The van der Waals surface area contributed by atoms with E-state index in [1.54, 1.807) is 40.2 Å². The second kappa shape index (κ2) is 7.78. The van der Waals surface area contributed by atoms with Crippen molar-refractivity contribution in [1.29, 1.82) is 0 Å². The van der Waals surface area contributed by atoms with Crippen LogP contribution in [0.15, 0.2) is 59.4 Å². The molecule has 7 heteroatoms. The number of hydrogen-bond donors (Lipinski definition) is 0. The molecule has 0 N–H and O–H groups in total. The number of nitrogens with zero attached hydrogens (tertiary/aromatic N) is 3. The number of imide groups is 1. The van der Waals surface area contributed by atoms with Gasteiger partial charge in [0.1, 0.15) is 10.7 Å². The molecule has 0 spiro atoms. The summed E-state index contributed by atoms with van der Waals surface area (Å²) in [6.45, 7) is 0.313. The second-order valence-corrected chi connectivity index (χ2v) is 9.54. The summed E-state index contributed by atoms with van der Waals surface area (Å²) in [5, 5.41) is 0.705. The highest BCUT2D eigenvalue weighted by molar-refractivity contribution is 7.18. The van der Waals surface area contributed by atoms with Crippen molar-refractivity contribution in [2.45, 2.75) is 32.2 Å². The van der Waals surface area contributed by atoms with Gasteiger partial charge in [0.05, 0.1) is 16.5 Å². The lowest BCUT2D eigenvalue weighted by atomic mass is 9.97. The fourth-order valence-electron chi connectivity index (χ4n) is 4.90. The molecule has 1 aliphatic carbocycles. The molecule has 0 radical (unpaired) electrons. The Morgan fingerprint density at radius 1 is 0.818 bits per heavy atom. The summed E-state index contributed by atoms with van der Waals surface area (Å²) in [5.74, 6) is -0.0537. The minimum absolute atomic E-state index is 0.0881. The molecule has 164 valence electrons. The van der Waals surface area contributed by atoms with Crippen LogP contribution in [0.4, 0.5) is 0 Å². The zero-order valence-corrected chi connectivity index (χ0v) is 18.7. The van der Waals surface area contributed by atoms with Crippen molar-refractivity contribution in [2.75, 3.05) is 6.54 Å². The summed E-state index contributed by atoms with van der Waals surface area (Å²) in [4.78, 5) is 47.7. The predicted molar refractivity (Wildman–Crippen MR) is 128 cm³/mol. The van der Waals surface area contributed by atoms with Crippen LogP contribution >= 0.6 is 11.3 Å². The molecule has 0 unspecified atom stereocenters. The topological polar surface area (TPSA) is 72.3 Å². The molecule has 0 atom stereocenters. The number of hydrogen-bond acceptors (Lipinski definition) is 5. The van der Waals surface area contributed by atoms with Gasteiger partial charge < -0.3 is 0 Å². The molecule has 6 rings (SSSR count). The third-order valence-corrected chi connectivity index (χ3v) is 7.72. The van der Waals surface area contributed by atoms with Crippen molar-refractivity contribution in [2.24, 2.45) is 0 Å². The van der Waals surface area contributed by atoms with Crippen molar-refractivity contribution >= 4 is 33.4 Å². The largest absolute Gasteiger partial charge is 0.290 e. The van der Waals surface area contributed by atoms with E-state index in [4.69, 9.17) is 4.98 Å². The van der Waals surface area contributed by atoms with E-state index in [1.807, 2.05) is 30.3 Å². The molecule has 0 saturated carbocycles. The van der Waals surface area contributed by atoms with Gasteiger partial charge >= 0.3 is 0 Å². The first kappa shape index (κ1) is 20.1. The normalized spacial score (nSPS) is 15.2. The van der Waals surface area contributed by atoms with Gasteiger partial charge in [0.25, 0.3) is 17.4 Å². The van der Waals surface area contributed by atoms with Gasteiger partial charge in [-0.15, -0.1) is 11.3 Å². The third kappa shape index (κ3) is 3.15. The Bertz CT molecular complexity index is 1450. The van der Waals surface area contributed by atoms with Gasteiger partial charge in [0.2, 0.25) is 0 Å². The number of aromatic nitrogens is 2. The predicted octanol–water partition coefficient (Wildman–Crippen LogP) is 4.30. The van der Waals surface area contributed by atoms with E-state index < -0.39 is 0 Å². The van der Waals surface area contributed by atoms with Gasteiger partial charge in [0.15, 0.2) is 0 Å². The fraction of sp³-hybridized carbons (Fsp3) is 0.231. The first-order chi connectivity index (χ1) is 16.1. The molecule has 33 heavy (non-hydrogen) atoms. The standard InChI is InChI=1S/C26H21N3O3S/c30-24-17-10-4-5-11-18(17)25(31)29(24)15-14-28-22(16-8-2-1-3-9-16)27-23-21(26(28)32)19-12-6-7-13-20(19)33-23/h1-5,8-11H,6-7,12-15H2. The highest BCUT2D eigenvalue weighted by Gasteiger charge is 2.35. The van der Waals surface area contributed by atoms with Gasteiger partial charge in [-0.1, -0.05) is 42.5 Å². The van der Waals surface area contributed by atoms with Crippen LogP contribution in [-0.4, -0.2) is 32.8 Å². The number of aryl methyl sites for hydroxylation is 2. The lowest BCUT2D eigenvalue weighted by Crippen LogP contribution is -2.36. The van der Waals surface area contributed by atoms with Gasteiger partial charge in [-0.05, 0) is 43.4 Å². The first-order valence-electron chi connectivity index (χ1n) is 11.2. The number of rotatable bonds is 4. The summed E-state index contributed by atoms with van der Waals surface area (Å²) < 4.78 is 1.64. The maximum Gasteiger partial charge on any atom is 0.262 e. The molecule has 0 fully saturated rings. The fourth-order valence-corrected chi connectivity index (χ4v) is 6.15. The molecular formula is C26H21N3O3S. The van der Waals surface area contributed by atoms with Crippen LogP contribution in [0.5, 0.6) is 0 Å². The van der Waals surface area contributed by atoms with E-state index in [0.717, 1.165) is 41.6 Å². The second-order valence-electron chi connectivity index (χ2n) is 8.46. The lowest BCUT2D eigenvalue weighted by Gasteiger charge is -2.18. The van der Waals surface area contributed by atoms with E-state index in [-0.39, 0.29) is 30.5 Å². The Balaban J connectivity index is 1.45. The SMILES string of the molecule is O=C1c2ccccc2C(=O)N1CCn1c(-c2ccccc2)nc2sc3c(c2c1=O)CCCC3. The van der Waals surface area contributed by atoms with Crippen LogP contribution in [0.1, 0.15) is 44.0 Å². The summed E-state index contributed by atoms with van der Waals surface area (Å²) >= 11 is 1.62. The molecule has 2 aromatic carbocycles. The molecular weight excluding hydrogens is 434 g/mol. The van der Waals surface area contributed by atoms with Crippen LogP contribution in [0.2, 0.25) is 0 Å². The Labute approximate surface area is 194 Å². The Hall–Kier alpha value is -3.58. The average Bonchev–Trinajstić information content (AvgIpc) is 3.34. The van der Waals surface area contributed by atoms with Crippen molar-refractivity contribution in [1.82, 2.24) is 14.5 Å². The van der Waals surface area contributed by atoms with Gasteiger partial charge in [-0.2, -0.15) is 0 Å². The molecule has 2 amide bonds. The monoisotopic (exact) mass is 455 g/mol. The van der Waals surface area contributed by atoms with E-state index in [1.165, 1.54) is 9.78 Å². The lowest BCUT2D eigenvalue weighted by molar-refractivity contribution is 0.0648. The Morgan fingerprint density at radius 3 is 2.21 bits per heavy atom. The van der Waals surface area contributed by atoms with Crippen LogP contribution in [0, 0.1) is 0 Å². The third-order valence-electron chi connectivity index (χ3n) is 6.53. The molecule has 3 heterocycles. The first-order valence-corrected chi connectivity index (χ1v) is 12.0. The molecule has 0 saturated heterocycles. The summed E-state index contributed by atoms with van der Waals surface area (Å²) in [6.07, 6.45) is 4.11. The number of carbonyl (C=O) groups excluding carboxylic acids is 2. The van der Waals surface area contributed by atoms with E-state index in [2.05, 4.69) is 0 Å². The zero-order valence-electron chi connectivity index (χ0n) is 17.9. The molecule has 6 nitrogen and oxygen atoms in total. The maximum absolute atomic E-state index is 13.8. The van der Waals surface area contributed by atoms with Crippen LogP contribution in [0.3, 0.4) is 0 Å². The quantitative estimate of drug-likeness (QED) is 0.430. The van der Waals surface area contributed by atoms with Crippen LogP contribution in [0.25, 0.3) is 21.6 Å². The Morgan fingerprint density at radius 2 is 1.48 bits per heavy atom. The maximum atomic E-state index is 13.8. The zero-order chi connectivity index (χ0) is 22.5. The van der Waals surface area contributed by atoms with Gasteiger partial charge in [0, 0.05) is 23.5 Å². The average molecular weight is 456 g/mol. The molecule has 2 aliphatic rings. The van der Waals surface area contributed by atoms with Gasteiger partial charge in [-0.3, -0.25) is 23.9 Å². The van der Waals surface area contributed by atoms with Crippen LogP contribution < -0.4 is 5.56 Å². The van der Waals surface area contributed by atoms with E-state index in [0.29, 0.717) is 22.3 Å². The number of carbonyl (C=O) groups is 2. The van der Waals surface area contributed by atoms with Crippen molar-refractivity contribution < 1.29 is 9.59 Å². The van der Waals surface area contributed by atoms with Crippen molar-refractivity contribution in [3.63, 3.8) is 0 Å². The van der Waals surface area contributed by atoms with Crippen molar-refractivity contribution in [3.05, 3.63) is 86.5 Å². The molecule has 1 aliphatic heterocycles. The highest BCUT2D eigenvalue weighted by Crippen LogP contribution is 2.35. The summed E-state index contributed by atoms with van der Waals surface area (Å²) in [6, 6.07) is 16.5. The minimum atomic E-state index is -0.313. The van der Waals surface area contributed by atoms with E-state index >= 15 is 0 Å². The number of amides is 2.